The normalized spacial score (nSPS) is 16.4. The van der Waals surface area contributed by atoms with Gasteiger partial charge in [-0.25, -0.2) is 4.39 Å². The second kappa shape index (κ2) is 14.3. The lowest BCUT2D eigenvalue weighted by atomic mass is 10.0. The van der Waals surface area contributed by atoms with E-state index in [9.17, 15) is 23.9 Å². The molecule has 1 amide bonds. The summed E-state index contributed by atoms with van der Waals surface area (Å²) in [7, 11) is 1.32. The Hall–Kier alpha value is -4.87. The fraction of sp³-hybridized carbons (Fsp3) is 0.294. The molecule has 10 nitrogen and oxygen atoms in total. The summed E-state index contributed by atoms with van der Waals surface area (Å²) in [4.78, 5) is 46.5. The van der Waals surface area contributed by atoms with E-state index in [4.69, 9.17) is 9.47 Å². The van der Waals surface area contributed by atoms with Crippen LogP contribution in [0.1, 0.15) is 33.5 Å². The minimum absolute atomic E-state index is 0.0365. The van der Waals surface area contributed by atoms with Crippen molar-refractivity contribution in [3.8, 4) is 22.9 Å². The first kappa shape index (κ1) is 31.6. The maximum Gasteiger partial charge on any atom is 0.323 e. The zero-order valence-electron chi connectivity index (χ0n) is 25.1. The average Bonchev–Trinajstić information content (AvgIpc) is 3.67. The fourth-order valence-corrected chi connectivity index (χ4v) is 5.37. The number of ether oxygens (including phenoxy) is 2. The molecule has 0 aliphatic carbocycles. The summed E-state index contributed by atoms with van der Waals surface area (Å²) in [5, 5.41) is 12.8. The van der Waals surface area contributed by atoms with E-state index in [2.05, 4.69) is 15.3 Å². The van der Waals surface area contributed by atoms with Crippen LogP contribution in [0.5, 0.6) is 11.5 Å². The number of aromatic nitrogens is 2. The van der Waals surface area contributed by atoms with Gasteiger partial charge in [0.25, 0.3) is 5.91 Å². The number of aliphatic hydroxyl groups excluding tert-OH is 1. The highest BCUT2D eigenvalue weighted by atomic mass is 19.1. The molecule has 1 saturated heterocycles. The quantitative estimate of drug-likeness (QED) is 0.204. The van der Waals surface area contributed by atoms with Gasteiger partial charge in [-0.1, -0.05) is 29.8 Å². The average molecular weight is 615 g/mol. The van der Waals surface area contributed by atoms with E-state index in [1.54, 1.807) is 71.9 Å². The number of aliphatic hydroxyl groups is 1. The van der Waals surface area contributed by atoms with E-state index >= 15 is 0 Å². The summed E-state index contributed by atoms with van der Waals surface area (Å²) < 4.78 is 24.8. The third-order valence-corrected chi connectivity index (χ3v) is 7.64. The molecule has 0 saturated carbocycles. The van der Waals surface area contributed by atoms with Crippen molar-refractivity contribution in [2.24, 2.45) is 0 Å². The Labute approximate surface area is 260 Å². The molecule has 45 heavy (non-hydrogen) atoms. The number of aryl methyl sites for hydroxylation is 1. The van der Waals surface area contributed by atoms with Gasteiger partial charge >= 0.3 is 5.97 Å². The number of ketones is 1. The summed E-state index contributed by atoms with van der Waals surface area (Å²) in [6.45, 7) is 2.89. The number of benzene rings is 2. The van der Waals surface area contributed by atoms with Crippen molar-refractivity contribution in [3.63, 3.8) is 0 Å². The number of rotatable bonds is 12. The highest BCUT2D eigenvalue weighted by molar-refractivity contribution is 5.95. The van der Waals surface area contributed by atoms with Crippen LogP contribution in [-0.4, -0.2) is 76.5 Å². The zero-order valence-corrected chi connectivity index (χ0v) is 25.1. The van der Waals surface area contributed by atoms with Crippen LogP contribution in [0.15, 0.2) is 73.1 Å². The molecule has 3 N–H and O–H groups in total. The van der Waals surface area contributed by atoms with Crippen molar-refractivity contribution in [1.82, 2.24) is 20.2 Å². The number of β-amino-alcohol motifs (C(OH)–C–C–N with tert-alkyl or cyclic N) is 1. The van der Waals surface area contributed by atoms with Crippen molar-refractivity contribution < 1.29 is 33.4 Å². The van der Waals surface area contributed by atoms with Crippen LogP contribution in [0.2, 0.25) is 0 Å². The second-order valence-electron chi connectivity index (χ2n) is 11.1. The van der Waals surface area contributed by atoms with Crippen LogP contribution >= 0.6 is 0 Å². The Balaban J connectivity index is 1.13. The number of esters is 1. The van der Waals surface area contributed by atoms with Crippen LogP contribution < -0.4 is 10.1 Å². The number of pyridine rings is 1. The molecular formula is C34H35FN4O6. The molecule has 1 aliphatic heterocycles. The van der Waals surface area contributed by atoms with E-state index in [1.165, 1.54) is 13.2 Å². The largest absolute Gasteiger partial charge is 0.468 e. The maximum atomic E-state index is 14.0. The standard InChI is InChI=1S/C34H35FN4O6/c1-21-3-8-29(35)23(13-21)15-25(40)14-22-4-6-27(7-5-22)45-28-9-10-36-31(18-28)30-16-24(19-38-30)33(42)37-11-12-39-20-26(41)17-32(39)34(43)44-2/h3-10,13,16,18-19,26,32,38,41H,11-12,14-15,17,20H2,1-2H3,(H,37,42)/t26-,32+/m1/s1. The number of methoxy groups -OCH3 is 1. The lowest BCUT2D eigenvalue weighted by Gasteiger charge is -2.21. The van der Waals surface area contributed by atoms with E-state index in [0.717, 1.165) is 11.1 Å². The molecule has 1 fully saturated rings. The van der Waals surface area contributed by atoms with Gasteiger partial charge in [0.1, 0.15) is 29.1 Å². The number of carbonyl (C=O) groups is 3. The van der Waals surface area contributed by atoms with Crippen molar-refractivity contribution in [3.05, 3.63) is 101 Å². The molecule has 0 unspecified atom stereocenters. The Kier molecular flexibility index (Phi) is 10.0. The molecule has 2 aromatic heterocycles. The van der Waals surface area contributed by atoms with Gasteiger partial charge in [-0.15, -0.1) is 0 Å². The molecule has 0 radical (unpaired) electrons. The number of nitrogens with one attached hydrogen (secondary N) is 2. The molecular weight excluding hydrogens is 579 g/mol. The van der Waals surface area contributed by atoms with Gasteiger partial charge in [0.2, 0.25) is 0 Å². The van der Waals surface area contributed by atoms with Gasteiger partial charge < -0.3 is 24.9 Å². The minimum atomic E-state index is -0.609. The highest BCUT2D eigenvalue weighted by Crippen LogP contribution is 2.26. The first-order valence-electron chi connectivity index (χ1n) is 14.6. The number of amides is 1. The number of hydrogen-bond donors (Lipinski definition) is 3. The van der Waals surface area contributed by atoms with E-state index in [1.807, 2.05) is 6.92 Å². The van der Waals surface area contributed by atoms with Crippen molar-refractivity contribution in [2.75, 3.05) is 26.7 Å². The van der Waals surface area contributed by atoms with Crippen LogP contribution in [0.25, 0.3) is 11.4 Å². The number of halogens is 1. The summed E-state index contributed by atoms with van der Waals surface area (Å²) in [6.07, 6.45) is 3.11. The number of Topliss-reactive ketones (excluding diaryl/α,β-unsaturated/α-hetero) is 1. The number of hydrogen-bond acceptors (Lipinski definition) is 8. The summed E-state index contributed by atoms with van der Waals surface area (Å²) in [6, 6.07) is 16.5. The molecule has 11 heteroatoms. The summed E-state index contributed by atoms with van der Waals surface area (Å²) in [5.74, 6) is -0.0400. The molecule has 234 valence electrons. The van der Waals surface area contributed by atoms with Crippen LogP contribution in [0, 0.1) is 12.7 Å². The zero-order chi connectivity index (χ0) is 31.9. The lowest BCUT2D eigenvalue weighted by molar-refractivity contribution is -0.145. The van der Waals surface area contributed by atoms with E-state index < -0.39 is 18.1 Å². The number of carbonyl (C=O) groups excluding carboxylic acids is 3. The minimum Gasteiger partial charge on any atom is -0.468 e. The number of nitrogens with zero attached hydrogens (tertiary/aromatic N) is 2. The molecule has 5 rings (SSSR count). The smallest absolute Gasteiger partial charge is 0.323 e. The number of likely N-dealkylation sites (tertiary alicyclic amines) is 1. The summed E-state index contributed by atoms with van der Waals surface area (Å²) in [5.41, 5.74) is 3.72. The molecule has 2 atom stereocenters. The van der Waals surface area contributed by atoms with E-state index in [-0.39, 0.29) is 30.3 Å². The molecule has 0 bridgehead atoms. The van der Waals surface area contributed by atoms with Crippen molar-refractivity contribution in [1.29, 1.82) is 0 Å². The van der Waals surface area contributed by atoms with Gasteiger partial charge in [-0.05, 0) is 48.4 Å². The SMILES string of the molecule is COC(=O)[C@@H]1C[C@@H](O)CN1CCNC(=O)c1c[nH]c(-c2cc(Oc3ccc(CC(=O)Cc4cc(C)ccc4F)cc3)ccn2)c1. The lowest BCUT2D eigenvalue weighted by Crippen LogP contribution is -2.41. The van der Waals surface area contributed by atoms with Crippen molar-refractivity contribution >= 4 is 17.7 Å². The van der Waals surface area contributed by atoms with Gasteiger partial charge in [0.15, 0.2) is 0 Å². The predicted octanol–water partition coefficient (Wildman–Crippen LogP) is 4.01. The van der Waals surface area contributed by atoms with E-state index in [0.29, 0.717) is 60.1 Å². The maximum absolute atomic E-state index is 14.0. The van der Waals surface area contributed by atoms with Gasteiger partial charge in [0, 0.05) is 57.4 Å². The molecule has 0 spiro atoms. The third-order valence-electron chi connectivity index (χ3n) is 7.64. The number of aromatic amines is 1. The number of H-pyrrole nitrogens is 1. The van der Waals surface area contributed by atoms with Crippen LogP contribution in [0.3, 0.4) is 0 Å². The molecule has 3 heterocycles. The molecule has 1 aliphatic rings. The van der Waals surface area contributed by atoms with Gasteiger partial charge in [-0.3, -0.25) is 24.3 Å². The topological polar surface area (TPSA) is 134 Å². The first-order chi connectivity index (χ1) is 21.7. The Bertz CT molecular complexity index is 1670. The fourth-order valence-electron chi connectivity index (χ4n) is 5.37. The molecule has 4 aromatic rings. The summed E-state index contributed by atoms with van der Waals surface area (Å²) >= 11 is 0. The first-order valence-corrected chi connectivity index (χ1v) is 14.6. The van der Waals surface area contributed by atoms with Crippen LogP contribution in [0.4, 0.5) is 4.39 Å². The monoisotopic (exact) mass is 614 g/mol. The van der Waals surface area contributed by atoms with Crippen LogP contribution in [-0.2, 0) is 27.2 Å². The Morgan fingerprint density at radius 2 is 1.87 bits per heavy atom. The highest BCUT2D eigenvalue weighted by Gasteiger charge is 2.36. The molecule has 2 aromatic carbocycles. The van der Waals surface area contributed by atoms with Gasteiger partial charge in [0.05, 0.1) is 30.2 Å². The Morgan fingerprint density at radius 1 is 1.07 bits per heavy atom. The Morgan fingerprint density at radius 3 is 2.64 bits per heavy atom. The second-order valence-corrected chi connectivity index (χ2v) is 11.1. The predicted molar refractivity (Wildman–Crippen MR) is 164 cm³/mol. The van der Waals surface area contributed by atoms with Crippen molar-refractivity contribution in [2.45, 2.75) is 38.3 Å². The van der Waals surface area contributed by atoms with Gasteiger partial charge in [-0.2, -0.15) is 0 Å². The third kappa shape index (κ3) is 8.20.